The molecule has 5 heterocycles. The van der Waals surface area contributed by atoms with Gasteiger partial charge in [-0.2, -0.15) is 4.57 Å². The van der Waals surface area contributed by atoms with Crippen molar-refractivity contribution in [1.29, 1.82) is 0 Å². The van der Waals surface area contributed by atoms with E-state index in [4.69, 9.17) is 20.9 Å². The fourth-order valence-corrected chi connectivity index (χ4v) is 6.97. The number of nitrogens with zero attached hydrogens (tertiary/aromatic N) is 6. The van der Waals surface area contributed by atoms with Crippen LogP contribution in [0.2, 0.25) is 0 Å². The predicted molar refractivity (Wildman–Crippen MR) is 149 cm³/mol. The summed E-state index contributed by atoms with van der Waals surface area (Å²) in [5.74, 6) is -0.561. The average molecular weight is 728 g/mol. The molecule has 25 heteroatoms. The summed E-state index contributed by atoms with van der Waals surface area (Å²) in [6.45, 7) is -2.00. The molecule has 48 heavy (non-hydrogen) atoms. The quantitative estimate of drug-likeness (QED) is 0.0573. The SMILES string of the molecule is CN(C)c1nc2c(N)ncnc2n1C1OC(COP(=O)([O-])OP(=O)([O-])OCC2OC([n+]3cccc(C(N)=O)c3)C(O)C2O)C(O)C1O.[Na+]. The van der Waals surface area contributed by atoms with E-state index in [0.717, 1.165) is 6.33 Å². The van der Waals surface area contributed by atoms with E-state index in [0.29, 0.717) is 0 Å². The first-order valence-corrected chi connectivity index (χ1v) is 16.5. The number of hydrogen-bond donors (Lipinski definition) is 6. The third-order valence-corrected chi connectivity index (χ3v) is 9.74. The Bertz CT molecular complexity index is 1740. The molecule has 0 aliphatic carbocycles. The van der Waals surface area contributed by atoms with Crippen molar-refractivity contribution < 1.29 is 101 Å². The predicted octanol–water partition coefficient (Wildman–Crippen LogP) is -7.21. The first-order chi connectivity index (χ1) is 22.0. The van der Waals surface area contributed by atoms with Crippen molar-refractivity contribution in [1.82, 2.24) is 19.5 Å². The third kappa shape index (κ3) is 8.05. The molecular weight excluding hydrogens is 697 g/mol. The summed E-state index contributed by atoms with van der Waals surface area (Å²) in [6.07, 6.45) is -8.64. The minimum atomic E-state index is -5.72. The van der Waals surface area contributed by atoms with Gasteiger partial charge in [0.15, 0.2) is 41.7 Å². The number of nitrogens with two attached hydrogens (primary N) is 2. The summed E-state index contributed by atoms with van der Waals surface area (Å²) in [4.78, 5) is 50.1. The van der Waals surface area contributed by atoms with Crippen molar-refractivity contribution >= 4 is 44.5 Å². The van der Waals surface area contributed by atoms with Gasteiger partial charge in [-0.1, -0.05) is 0 Å². The normalized spacial score (nSPS) is 29.7. The number of primary amides is 1. The van der Waals surface area contributed by atoms with Crippen molar-refractivity contribution in [3.8, 4) is 0 Å². The first-order valence-electron chi connectivity index (χ1n) is 13.6. The number of pyridine rings is 1. The van der Waals surface area contributed by atoms with Crippen molar-refractivity contribution in [2.24, 2.45) is 5.73 Å². The molecule has 10 atom stereocenters. The number of carbonyl (C=O) groups is 1. The van der Waals surface area contributed by atoms with Gasteiger partial charge in [0.1, 0.15) is 42.4 Å². The summed E-state index contributed by atoms with van der Waals surface area (Å²) >= 11 is 0. The molecule has 2 aliphatic heterocycles. The number of aliphatic hydroxyl groups is 4. The summed E-state index contributed by atoms with van der Waals surface area (Å²) in [5, 5.41) is 42.1. The van der Waals surface area contributed by atoms with Gasteiger partial charge in [-0.05, 0) is 6.07 Å². The number of phosphoric acid groups is 2. The Hall–Kier alpha value is -2.21. The van der Waals surface area contributed by atoms with Crippen molar-refractivity contribution in [2.75, 3.05) is 37.9 Å². The Kier molecular flexibility index (Phi) is 12.0. The molecule has 3 aromatic heterocycles. The Morgan fingerprint density at radius 3 is 2.25 bits per heavy atom. The van der Waals surface area contributed by atoms with Gasteiger partial charge in [-0.15, -0.1) is 0 Å². The van der Waals surface area contributed by atoms with Gasteiger partial charge in [-0.25, -0.2) is 19.3 Å². The number of phosphoric ester groups is 2. The standard InChI is InChI=1S/C23H32N8O14P2.Na/c1-29(2)23-28-13-18(24)26-9-27-20(13)31(23)22-17(35)15(33)12(44-22)8-42-47(39,40)45-46(37,38)41-7-11-14(32)16(34)21(43-11)30-5-3-4-10(6-30)19(25)36;/h3-6,9,11-12,14-17,21-22,32-35H,7-8H2,1-2H3,(H5-,24,25,26,27,36,37,38,39,40);/q;+1/p-1. The number of fused-ring (bicyclic) bond motifs is 1. The molecular formula is C23H31N8NaO14P2. The number of ether oxygens (including phenoxy) is 2. The molecule has 0 aromatic carbocycles. The zero-order chi connectivity index (χ0) is 34.4. The second kappa shape index (κ2) is 15.0. The fourth-order valence-electron chi connectivity index (χ4n) is 4.95. The van der Waals surface area contributed by atoms with E-state index in [2.05, 4.69) is 28.3 Å². The van der Waals surface area contributed by atoms with Gasteiger partial charge in [0.2, 0.25) is 5.95 Å². The van der Waals surface area contributed by atoms with E-state index in [9.17, 15) is 44.1 Å². The number of anilines is 2. The maximum absolute atomic E-state index is 12.4. The molecule has 0 saturated carbocycles. The Morgan fingerprint density at radius 2 is 1.65 bits per heavy atom. The zero-order valence-corrected chi connectivity index (χ0v) is 29.3. The van der Waals surface area contributed by atoms with Crippen LogP contribution in [0.1, 0.15) is 22.8 Å². The topological polar surface area (TPSA) is 327 Å². The average Bonchev–Trinajstić information content (AvgIpc) is 3.62. The van der Waals surface area contributed by atoms with Crippen LogP contribution in [0.4, 0.5) is 11.8 Å². The Morgan fingerprint density at radius 1 is 1.04 bits per heavy atom. The minimum absolute atomic E-state index is 0. The van der Waals surface area contributed by atoms with Crippen LogP contribution in [0.15, 0.2) is 30.9 Å². The van der Waals surface area contributed by atoms with Crippen LogP contribution in [0.5, 0.6) is 0 Å². The first kappa shape index (κ1) is 38.6. The van der Waals surface area contributed by atoms with E-state index in [1.165, 1.54) is 38.6 Å². The number of aromatic nitrogens is 5. The van der Waals surface area contributed by atoms with Crippen LogP contribution < -0.4 is 60.3 Å². The largest absolute Gasteiger partial charge is 1.00 e. The molecule has 0 bridgehead atoms. The van der Waals surface area contributed by atoms with E-state index in [1.54, 1.807) is 14.1 Å². The molecule has 2 saturated heterocycles. The number of aliphatic hydroxyl groups excluding tert-OH is 4. The number of nitrogen functional groups attached to an aromatic ring is 1. The van der Waals surface area contributed by atoms with Gasteiger partial charge in [0.05, 0.1) is 13.2 Å². The van der Waals surface area contributed by atoms with Crippen molar-refractivity contribution in [3.63, 3.8) is 0 Å². The van der Waals surface area contributed by atoms with Crippen LogP contribution in [0.3, 0.4) is 0 Å². The van der Waals surface area contributed by atoms with Gasteiger partial charge in [0, 0.05) is 20.2 Å². The zero-order valence-electron chi connectivity index (χ0n) is 25.5. The molecule has 258 valence electrons. The molecule has 10 unspecified atom stereocenters. The van der Waals surface area contributed by atoms with Crippen molar-refractivity contribution in [3.05, 3.63) is 36.4 Å². The summed E-state index contributed by atoms with van der Waals surface area (Å²) in [6, 6.07) is 2.81. The summed E-state index contributed by atoms with van der Waals surface area (Å²) in [7, 11) is -8.17. The molecule has 2 fully saturated rings. The number of amides is 1. The number of carbonyl (C=O) groups excluding carboxylic acids is 1. The number of imidazole rings is 1. The van der Waals surface area contributed by atoms with E-state index in [-0.39, 0.29) is 58.1 Å². The Labute approximate surface area is 293 Å². The smallest absolute Gasteiger partial charge is 0.756 e. The van der Waals surface area contributed by atoms with Gasteiger partial charge >= 0.3 is 29.6 Å². The maximum Gasteiger partial charge on any atom is 1.00 e. The Balaban J connectivity index is 0.00000520. The summed E-state index contributed by atoms with van der Waals surface area (Å²) in [5.41, 5.74) is 11.5. The third-order valence-electron chi connectivity index (χ3n) is 7.21. The molecule has 22 nitrogen and oxygen atoms in total. The molecule has 0 spiro atoms. The van der Waals surface area contributed by atoms with Gasteiger partial charge < -0.3 is 65.1 Å². The molecule has 3 aromatic rings. The van der Waals surface area contributed by atoms with Gasteiger partial charge in [-0.3, -0.25) is 18.5 Å². The van der Waals surface area contributed by atoms with Crippen LogP contribution in [0, 0.1) is 0 Å². The number of rotatable bonds is 12. The molecule has 1 amide bonds. The minimum Gasteiger partial charge on any atom is -0.756 e. The second-order valence-electron chi connectivity index (χ2n) is 10.7. The van der Waals surface area contributed by atoms with Crippen LogP contribution >= 0.6 is 15.6 Å². The maximum atomic E-state index is 12.4. The van der Waals surface area contributed by atoms with Crippen LogP contribution in [0.25, 0.3) is 11.2 Å². The van der Waals surface area contributed by atoms with Gasteiger partial charge in [0.25, 0.3) is 27.8 Å². The molecule has 0 radical (unpaired) electrons. The van der Waals surface area contributed by atoms with E-state index in [1.807, 2.05) is 0 Å². The second-order valence-corrected chi connectivity index (χ2v) is 13.6. The van der Waals surface area contributed by atoms with E-state index < -0.39 is 83.8 Å². The molecule has 8 N–H and O–H groups in total. The van der Waals surface area contributed by atoms with Crippen molar-refractivity contribution in [2.45, 2.75) is 49.1 Å². The van der Waals surface area contributed by atoms with Crippen LogP contribution in [-0.4, -0.2) is 110 Å². The number of hydrogen-bond acceptors (Lipinski definition) is 19. The monoisotopic (exact) mass is 728 g/mol. The van der Waals surface area contributed by atoms with Crippen LogP contribution in [-0.2, 0) is 32.0 Å². The molecule has 5 rings (SSSR count). The molecule has 2 aliphatic rings. The summed E-state index contributed by atoms with van der Waals surface area (Å²) < 4.78 is 51.7. The van der Waals surface area contributed by atoms with E-state index >= 15 is 0 Å². The fraction of sp³-hybridized carbons (Fsp3) is 0.522.